The first-order valence-corrected chi connectivity index (χ1v) is 7.11. The minimum absolute atomic E-state index is 0.553. The van der Waals surface area contributed by atoms with Gasteiger partial charge in [0.25, 0.3) is 0 Å². The van der Waals surface area contributed by atoms with Crippen molar-refractivity contribution in [3.8, 4) is 0 Å². The highest BCUT2D eigenvalue weighted by atomic mass is 79.9. The lowest BCUT2D eigenvalue weighted by molar-refractivity contribution is 0.349. The Morgan fingerprint density at radius 3 is 2.47 bits per heavy atom. The first-order valence-electron chi connectivity index (χ1n) is 6.32. The van der Waals surface area contributed by atoms with E-state index in [1.807, 2.05) is 12.4 Å². The Morgan fingerprint density at radius 2 is 1.94 bits per heavy atom. The van der Waals surface area contributed by atoms with Gasteiger partial charge in [-0.1, -0.05) is 27.7 Å². The summed E-state index contributed by atoms with van der Waals surface area (Å²) >= 11 is 3.47. The van der Waals surface area contributed by atoms with Gasteiger partial charge in [0.2, 0.25) is 0 Å². The number of nitrogens with one attached hydrogen (secondary N) is 1. The third-order valence-electron chi connectivity index (χ3n) is 2.99. The van der Waals surface area contributed by atoms with Crippen LogP contribution in [0.25, 0.3) is 0 Å². The zero-order valence-corrected chi connectivity index (χ0v) is 12.8. The van der Waals surface area contributed by atoms with Gasteiger partial charge in [-0.15, -0.1) is 0 Å². The average molecular weight is 299 g/mol. The molecule has 1 aromatic rings. The fraction of sp³-hybridized carbons (Fsp3) is 0.643. The molecule has 1 aromatic heterocycles. The Bertz CT molecular complexity index is 337. The zero-order valence-electron chi connectivity index (χ0n) is 11.2. The van der Waals surface area contributed by atoms with E-state index in [0.29, 0.717) is 17.9 Å². The van der Waals surface area contributed by atoms with Gasteiger partial charge >= 0.3 is 0 Å². The van der Waals surface area contributed by atoms with Crippen LogP contribution in [0, 0.1) is 11.8 Å². The Kier molecular flexibility index (Phi) is 6.14. The molecule has 1 atom stereocenters. The van der Waals surface area contributed by atoms with Gasteiger partial charge in [0.1, 0.15) is 0 Å². The Hall–Kier alpha value is -0.410. The van der Waals surface area contributed by atoms with Crippen LogP contribution in [0.4, 0.5) is 0 Å². The summed E-state index contributed by atoms with van der Waals surface area (Å²) in [5.74, 6) is 1.34. The van der Waals surface area contributed by atoms with Gasteiger partial charge < -0.3 is 5.32 Å². The molecule has 1 unspecified atom stereocenters. The summed E-state index contributed by atoms with van der Waals surface area (Å²) in [7, 11) is 0. The highest BCUT2D eigenvalue weighted by Gasteiger charge is 2.14. The monoisotopic (exact) mass is 298 g/mol. The van der Waals surface area contributed by atoms with Crippen molar-refractivity contribution in [1.82, 2.24) is 10.3 Å². The van der Waals surface area contributed by atoms with Crippen LogP contribution in [-0.2, 0) is 6.42 Å². The smallest absolute Gasteiger partial charge is 0.0410 e. The van der Waals surface area contributed by atoms with Gasteiger partial charge in [0.15, 0.2) is 0 Å². The Labute approximate surface area is 113 Å². The molecule has 3 heteroatoms. The number of aromatic nitrogens is 1. The summed E-state index contributed by atoms with van der Waals surface area (Å²) in [4.78, 5) is 4.22. The van der Waals surface area contributed by atoms with Crippen molar-refractivity contribution in [3.63, 3.8) is 0 Å². The van der Waals surface area contributed by atoms with Crippen LogP contribution in [0.5, 0.6) is 0 Å². The van der Waals surface area contributed by atoms with E-state index in [4.69, 9.17) is 0 Å². The SMILES string of the molecule is CC(C)NCC(Cc1cncc(Br)c1)C(C)C. The van der Waals surface area contributed by atoms with Crippen molar-refractivity contribution in [2.24, 2.45) is 11.8 Å². The molecule has 0 bridgehead atoms. The Balaban J connectivity index is 2.60. The molecule has 0 aliphatic carbocycles. The van der Waals surface area contributed by atoms with Gasteiger partial charge in [-0.05, 0) is 52.4 Å². The van der Waals surface area contributed by atoms with Crippen molar-refractivity contribution in [3.05, 3.63) is 28.5 Å². The van der Waals surface area contributed by atoms with Crippen molar-refractivity contribution in [2.45, 2.75) is 40.2 Å². The van der Waals surface area contributed by atoms with Crippen LogP contribution in [0.1, 0.15) is 33.3 Å². The van der Waals surface area contributed by atoms with Crippen LogP contribution < -0.4 is 5.32 Å². The van der Waals surface area contributed by atoms with E-state index in [1.165, 1.54) is 5.56 Å². The van der Waals surface area contributed by atoms with Crippen molar-refractivity contribution >= 4 is 15.9 Å². The molecular formula is C14H23BrN2. The molecule has 0 saturated heterocycles. The van der Waals surface area contributed by atoms with E-state index in [0.717, 1.165) is 17.4 Å². The van der Waals surface area contributed by atoms with Crippen molar-refractivity contribution in [1.29, 1.82) is 0 Å². The molecule has 0 aromatic carbocycles. The predicted molar refractivity (Wildman–Crippen MR) is 77.1 cm³/mol. The van der Waals surface area contributed by atoms with Gasteiger partial charge in [-0.25, -0.2) is 0 Å². The fourth-order valence-corrected chi connectivity index (χ4v) is 2.21. The molecule has 1 heterocycles. The van der Waals surface area contributed by atoms with Gasteiger partial charge in [-0.3, -0.25) is 4.98 Å². The molecule has 0 aliphatic rings. The maximum absolute atomic E-state index is 4.22. The predicted octanol–water partition coefficient (Wildman–Crippen LogP) is 3.66. The third-order valence-corrected chi connectivity index (χ3v) is 3.42. The van der Waals surface area contributed by atoms with Crippen molar-refractivity contribution in [2.75, 3.05) is 6.54 Å². The summed E-state index contributed by atoms with van der Waals surface area (Å²) in [6.07, 6.45) is 4.89. The fourth-order valence-electron chi connectivity index (χ4n) is 1.80. The number of pyridine rings is 1. The standard InChI is InChI=1S/C14H23BrN2/c1-10(2)13(8-17-11(3)4)5-12-6-14(15)9-16-7-12/h6-7,9-11,13,17H,5,8H2,1-4H3. The minimum atomic E-state index is 0.553. The van der Waals surface area contributed by atoms with E-state index < -0.39 is 0 Å². The number of hydrogen-bond acceptors (Lipinski definition) is 2. The highest BCUT2D eigenvalue weighted by molar-refractivity contribution is 9.10. The van der Waals surface area contributed by atoms with Gasteiger partial charge in [0.05, 0.1) is 0 Å². The molecule has 17 heavy (non-hydrogen) atoms. The lowest BCUT2D eigenvalue weighted by atomic mass is 9.89. The van der Waals surface area contributed by atoms with Crippen LogP contribution in [-0.4, -0.2) is 17.6 Å². The summed E-state index contributed by atoms with van der Waals surface area (Å²) in [5, 5.41) is 3.53. The van der Waals surface area contributed by atoms with Gasteiger partial charge in [-0.2, -0.15) is 0 Å². The first kappa shape index (κ1) is 14.7. The summed E-state index contributed by atoms with van der Waals surface area (Å²) in [6, 6.07) is 2.72. The minimum Gasteiger partial charge on any atom is -0.314 e. The number of hydrogen-bond donors (Lipinski definition) is 1. The van der Waals surface area contributed by atoms with E-state index in [1.54, 1.807) is 0 Å². The maximum atomic E-state index is 4.22. The second-order valence-corrected chi connectivity index (χ2v) is 6.20. The molecule has 0 aliphatic heterocycles. The third kappa shape index (κ3) is 5.64. The number of halogens is 1. The first-order chi connectivity index (χ1) is 7.99. The van der Waals surface area contributed by atoms with Crippen LogP contribution >= 0.6 is 15.9 Å². The average Bonchev–Trinajstić information content (AvgIpc) is 2.23. The van der Waals surface area contributed by atoms with E-state index in [-0.39, 0.29) is 0 Å². The van der Waals surface area contributed by atoms with Crippen LogP contribution in [0.15, 0.2) is 22.9 Å². The summed E-state index contributed by atoms with van der Waals surface area (Å²) in [5.41, 5.74) is 1.31. The summed E-state index contributed by atoms with van der Waals surface area (Å²) in [6.45, 7) is 10.0. The highest BCUT2D eigenvalue weighted by Crippen LogP contribution is 2.18. The Morgan fingerprint density at radius 1 is 1.24 bits per heavy atom. The van der Waals surface area contributed by atoms with Crippen molar-refractivity contribution < 1.29 is 0 Å². The number of nitrogens with zero attached hydrogens (tertiary/aromatic N) is 1. The molecule has 1 rings (SSSR count). The molecule has 0 spiro atoms. The molecule has 2 nitrogen and oxygen atoms in total. The molecule has 0 amide bonds. The van der Waals surface area contributed by atoms with Crippen LogP contribution in [0.2, 0.25) is 0 Å². The molecular weight excluding hydrogens is 276 g/mol. The second kappa shape index (κ2) is 7.12. The molecule has 1 N–H and O–H groups in total. The second-order valence-electron chi connectivity index (χ2n) is 5.28. The topological polar surface area (TPSA) is 24.9 Å². The quantitative estimate of drug-likeness (QED) is 0.867. The normalized spacial score (nSPS) is 13.4. The zero-order chi connectivity index (χ0) is 12.8. The van der Waals surface area contributed by atoms with Gasteiger partial charge in [0, 0.05) is 22.9 Å². The molecule has 96 valence electrons. The largest absolute Gasteiger partial charge is 0.314 e. The maximum Gasteiger partial charge on any atom is 0.0410 e. The number of rotatable bonds is 6. The van der Waals surface area contributed by atoms with E-state index >= 15 is 0 Å². The molecule has 0 radical (unpaired) electrons. The van der Waals surface area contributed by atoms with E-state index in [9.17, 15) is 0 Å². The lowest BCUT2D eigenvalue weighted by Gasteiger charge is -2.22. The van der Waals surface area contributed by atoms with Crippen LogP contribution in [0.3, 0.4) is 0 Å². The summed E-state index contributed by atoms with van der Waals surface area (Å²) < 4.78 is 1.06. The molecule has 0 fully saturated rings. The molecule has 0 saturated carbocycles. The van der Waals surface area contributed by atoms with E-state index in [2.05, 4.69) is 60.0 Å². The lowest BCUT2D eigenvalue weighted by Crippen LogP contribution is -2.32.